The third-order valence-corrected chi connectivity index (χ3v) is 4.22. The van der Waals surface area contributed by atoms with Crippen LogP contribution in [-0.2, 0) is 9.59 Å². The predicted molar refractivity (Wildman–Crippen MR) is 96.8 cm³/mol. The summed E-state index contributed by atoms with van der Waals surface area (Å²) in [6, 6.07) is 13.0. The van der Waals surface area contributed by atoms with Gasteiger partial charge in [0.2, 0.25) is 5.91 Å². The normalized spacial score (nSPS) is 15.9. The largest absolute Gasteiger partial charge is 0.492 e. The molecule has 5 nitrogen and oxygen atoms in total. The van der Waals surface area contributed by atoms with Crippen molar-refractivity contribution in [2.24, 2.45) is 0 Å². The van der Waals surface area contributed by atoms with E-state index in [-0.39, 0.29) is 11.8 Å². The van der Waals surface area contributed by atoms with Crippen molar-refractivity contribution < 1.29 is 14.3 Å². The fraction of sp³-hybridized carbons (Fsp3) is 0.300. The number of aryl methyl sites for hydroxylation is 2. The molecule has 0 fully saturated rings. The molecule has 5 heteroatoms. The Morgan fingerprint density at radius 2 is 1.92 bits per heavy atom. The molecule has 0 aliphatic carbocycles. The number of benzene rings is 2. The monoisotopic (exact) mass is 338 g/mol. The Hall–Kier alpha value is -2.82. The second-order valence-electron chi connectivity index (χ2n) is 6.35. The van der Waals surface area contributed by atoms with Crippen LogP contribution in [0, 0.1) is 13.8 Å². The molecule has 3 rings (SSSR count). The number of fused-ring (bicyclic) bond motifs is 1. The number of nitrogens with zero attached hydrogens (tertiary/aromatic N) is 1. The van der Waals surface area contributed by atoms with Gasteiger partial charge in [-0.25, -0.2) is 0 Å². The zero-order chi connectivity index (χ0) is 18.0. The molecule has 2 aromatic carbocycles. The molecule has 0 saturated heterocycles. The van der Waals surface area contributed by atoms with Crippen molar-refractivity contribution in [3.8, 4) is 5.75 Å². The quantitative estimate of drug-likeness (QED) is 0.912. The third kappa shape index (κ3) is 3.65. The standard InChI is InChI=1S/C20H22N2O3/c1-13-5-4-6-16(11-13)25-10-9-22-18-8-7-14(2)12-17(18)19(20(22)24)21-15(3)23/h4-8,11-12,19H,9-10H2,1-3H3,(H,21,23)/t19-/m1/s1. The molecule has 1 aliphatic rings. The van der Waals surface area contributed by atoms with Crippen LogP contribution >= 0.6 is 0 Å². The van der Waals surface area contributed by atoms with Gasteiger partial charge in [-0.1, -0.05) is 29.8 Å². The summed E-state index contributed by atoms with van der Waals surface area (Å²) in [6.07, 6.45) is 0. The van der Waals surface area contributed by atoms with Gasteiger partial charge >= 0.3 is 0 Å². The van der Waals surface area contributed by atoms with E-state index in [0.717, 1.165) is 28.1 Å². The maximum absolute atomic E-state index is 12.8. The first kappa shape index (κ1) is 17.0. The van der Waals surface area contributed by atoms with Crippen molar-refractivity contribution in [3.05, 3.63) is 59.2 Å². The van der Waals surface area contributed by atoms with E-state index in [1.807, 2.05) is 56.3 Å². The molecule has 0 aromatic heterocycles. The van der Waals surface area contributed by atoms with Gasteiger partial charge in [0.25, 0.3) is 5.91 Å². The van der Waals surface area contributed by atoms with Crippen molar-refractivity contribution in [2.45, 2.75) is 26.8 Å². The maximum Gasteiger partial charge on any atom is 0.254 e. The molecule has 0 unspecified atom stereocenters. The van der Waals surface area contributed by atoms with Crippen LogP contribution in [0.3, 0.4) is 0 Å². The van der Waals surface area contributed by atoms with E-state index in [4.69, 9.17) is 4.74 Å². The minimum atomic E-state index is -0.619. The predicted octanol–water partition coefficient (Wildman–Crippen LogP) is 2.91. The molecule has 0 spiro atoms. The highest BCUT2D eigenvalue weighted by Crippen LogP contribution is 2.36. The first-order valence-corrected chi connectivity index (χ1v) is 8.34. The van der Waals surface area contributed by atoms with Gasteiger partial charge < -0.3 is 15.0 Å². The zero-order valence-electron chi connectivity index (χ0n) is 14.7. The molecule has 0 bridgehead atoms. The zero-order valence-corrected chi connectivity index (χ0v) is 14.7. The van der Waals surface area contributed by atoms with Gasteiger partial charge in [-0.2, -0.15) is 0 Å². The summed E-state index contributed by atoms with van der Waals surface area (Å²) in [7, 11) is 0. The summed E-state index contributed by atoms with van der Waals surface area (Å²) >= 11 is 0. The van der Waals surface area contributed by atoms with Crippen molar-refractivity contribution >= 4 is 17.5 Å². The van der Waals surface area contributed by atoms with Gasteiger partial charge in [0, 0.05) is 18.2 Å². The maximum atomic E-state index is 12.8. The molecular formula is C20H22N2O3. The molecule has 25 heavy (non-hydrogen) atoms. The molecule has 1 atom stereocenters. The number of hydrogen-bond acceptors (Lipinski definition) is 3. The number of hydrogen-bond donors (Lipinski definition) is 1. The highest BCUT2D eigenvalue weighted by molar-refractivity contribution is 6.06. The van der Waals surface area contributed by atoms with E-state index in [1.54, 1.807) is 4.90 Å². The van der Waals surface area contributed by atoms with E-state index in [2.05, 4.69) is 5.32 Å². The molecule has 0 saturated carbocycles. The number of nitrogens with one attached hydrogen (secondary N) is 1. The Bertz CT molecular complexity index is 816. The number of rotatable bonds is 5. The first-order valence-electron chi connectivity index (χ1n) is 8.34. The molecule has 2 aromatic rings. The van der Waals surface area contributed by atoms with Crippen molar-refractivity contribution in [1.29, 1.82) is 0 Å². The highest BCUT2D eigenvalue weighted by Gasteiger charge is 2.37. The van der Waals surface area contributed by atoms with E-state index in [1.165, 1.54) is 6.92 Å². The van der Waals surface area contributed by atoms with Crippen molar-refractivity contribution in [2.75, 3.05) is 18.1 Å². The van der Waals surface area contributed by atoms with Crippen LogP contribution in [0.5, 0.6) is 5.75 Å². The SMILES string of the molecule is CC(=O)N[C@H]1C(=O)N(CCOc2cccc(C)c2)c2ccc(C)cc21. The van der Waals surface area contributed by atoms with Crippen molar-refractivity contribution in [3.63, 3.8) is 0 Å². The molecule has 2 amide bonds. The second-order valence-corrected chi connectivity index (χ2v) is 6.35. The van der Waals surface area contributed by atoms with E-state index in [0.29, 0.717) is 13.2 Å². The summed E-state index contributed by atoms with van der Waals surface area (Å²) in [6.45, 7) is 6.22. The van der Waals surface area contributed by atoms with Gasteiger partial charge in [0.1, 0.15) is 18.4 Å². The fourth-order valence-corrected chi connectivity index (χ4v) is 3.09. The average molecular weight is 338 g/mol. The first-order chi connectivity index (χ1) is 12.0. The van der Waals surface area contributed by atoms with Crippen LogP contribution in [0.4, 0.5) is 5.69 Å². The lowest BCUT2D eigenvalue weighted by Crippen LogP contribution is -2.38. The van der Waals surface area contributed by atoms with E-state index < -0.39 is 6.04 Å². The lowest BCUT2D eigenvalue weighted by molar-refractivity contribution is -0.126. The van der Waals surface area contributed by atoms with E-state index in [9.17, 15) is 9.59 Å². The highest BCUT2D eigenvalue weighted by atomic mass is 16.5. The Morgan fingerprint density at radius 3 is 2.64 bits per heavy atom. The van der Waals surface area contributed by atoms with Crippen LogP contribution in [0.25, 0.3) is 0 Å². The van der Waals surface area contributed by atoms with Gasteiger partial charge in [-0.05, 0) is 37.6 Å². The van der Waals surface area contributed by atoms with Gasteiger partial charge in [0.05, 0.1) is 6.54 Å². The summed E-state index contributed by atoms with van der Waals surface area (Å²) in [5.74, 6) is 0.446. The topological polar surface area (TPSA) is 58.6 Å². The summed E-state index contributed by atoms with van der Waals surface area (Å²) in [5, 5.41) is 2.75. The summed E-state index contributed by atoms with van der Waals surface area (Å²) < 4.78 is 5.77. The van der Waals surface area contributed by atoms with E-state index >= 15 is 0 Å². The Morgan fingerprint density at radius 1 is 1.16 bits per heavy atom. The molecule has 1 N–H and O–H groups in total. The average Bonchev–Trinajstić information content (AvgIpc) is 2.80. The fourth-order valence-electron chi connectivity index (χ4n) is 3.09. The van der Waals surface area contributed by atoms with Crippen LogP contribution < -0.4 is 15.0 Å². The lowest BCUT2D eigenvalue weighted by atomic mass is 10.1. The minimum absolute atomic E-state index is 0.122. The molecular weight excluding hydrogens is 316 g/mol. The number of anilines is 1. The molecule has 0 radical (unpaired) electrons. The number of carbonyl (C=O) groups is 2. The van der Waals surface area contributed by atoms with Gasteiger partial charge in [0.15, 0.2) is 0 Å². The van der Waals surface area contributed by atoms with Crippen LogP contribution in [-0.4, -0.2) is 25.0 Å². The Balaban J connectivity index is 1.75. The Kier molecular flexibility index (Phi) is 4.74. The molecule has 1 heterocycles. The second kappa shape index (κ2) is 6.97. The van der Waals surface area contributed by atoms with Gasteiger partial charge in [-0.3, -0.25) is 9.59 Å². The van der Waals surface area contributed by atoms with Gasteiger partial charge in [-0.15, -0.1) is 0 Å². The number of ether oxygens (including phenoxy) is 1. The van der Waals surface area contributed by atoms with Crippen LogP contribution in [0.1, 0.15) is 29.7 Å². The minimum Gasteiger partial charge on any atom is -0.492 e. The summed E-state index contributed by atoms with van der Waals surface area (Å²) in [4.78, 5) is 25.9. The molecule has 130 valence electrons. The number of amides is 2. The lowest BCUT2D eigenvalue weighted by Gasteiger charge is -2.18. The smallest absolute Gasteiger partial charge is 0.254 e. The number of carbonyl (C=O) groups excluding carboxylic acids is 2. The van der Waals surface area contributed by atoms with Crippen LogP contribution in [0.2, 0.25) is 0 Å². The van der Waals surface area contributed by atoms with Crippen molar-refractivity contribution in [1.82, 2.24) is 5.32 Å². The molecule has 1 aliphatic heterocycles. The third-order valence-electron chi connectivity index (χ3n) is 4.22. The summed E-state index contributed by atoms with van der Waals surface area (Å²) in [5.41, 5.74) is 3.86. The van der Waals surface area contributed by atoms with Crippen LogP contribution in [0.15, 0.2) is 42.5 Å². The Labute approximate surface area is 147 Å².